The lowest BCUT2D eigenvalue weighted by atomic mass is 10.1. The quantitative estimate of drug-likeness (QED) is 0.156. The topological polar surface area (TPSA) is 175 Å². The van der Waals surface area contributed by atoms with E-state index in [4.69, 9.17) is 20.4 Å². The molecule has 2 aliphatic rings. The van der Waals surface area contributed by atoms with Crippen molar-refractivity contribution in [2.45, 2.75) is 13.8 Å². The molecular formula is C24H16Br6N2O8. The zero-order chi connectivity index (χ0) is 30.9. The summed E-state index contributed by atoms with van der Waals surface area (Å²) in [4.78, 5) is 51.7. The van der Waals surface area contributed by atoms with E-state index in [-0.39, 0.29) is 17.9 Å². The van der Waals surface area contributed by atoms with E-state index in [0.717, 1.165) is 9.21 Å². The lowest BCUT2D eigenvalue weighted by Gasteiger charge is -2.09. The van der Waals surface area contributed by atoms with Crippen molar-refractivity contribution in [1.29, 1.82) is 0 Å². The normalized spacial score (nSPS) is 15.2. The third kappa shape index (κ3) is 9.55. The molecular weight excluding hydrogens is 924 g/mol. The predicted octanol–water partition coefficient (Wildman–Crippen LogP) is 7.24. The van der Waals surface area contributed by atoms with Gasteiger partial charge in [0.25, 0.3) is 0 Å². The summed E-state index contributed by atoms with van der Waals surface area (Å²) < 4.78 is 0.558. The van der Waals surface area contributed by atoms with Crippen LogP contribution in [0, 0.1) is 13.8 Å². The highest BCUT2D eigenvalue weighted by Crippen LogP contribution is 2.29. The monoisotopic (exact) mass is 934 g/mol. The number of carbonyl (C=O) groups excluding carboxylic acids is 4. The molecule has 2 aromatic heterocycles. The Morgan fingerprint density at radius 2 is 0.725 bits per heavy atom. The van der Waals surface area contributed by atoms with Gasteiger partial charge in [0, 0.05) is 12.4 Å². The molecule has 0 spiro atoms. The molecule has 0 aromatic carbocycles. The van der Waals surface area contributed by atoms with Crippen LogP contribution in [0.1, 0.15) is 11.1 Å². The van der Waals surface area contributed by atoms with Crippen molar-refractivity contribution in [2.24, 2.45) is 0 Å². The number of Topliss-reactive ketones (excluding diaryl/α,β-unsaturated/α-hetero) is 4. The molecule has 2 aromatic rings. The molecule has 2 heterocycles. The van der Waals surface area contributed by atoms with Gasteiger partial charge in [0.05, 0.1) is 0 Å². The Morgan fingerprint density at radius 1 is 0.500 bits per heavy atom. The van der Waals surface area contributed by atoms with Gasteiger partial charge in [0.1, 0.15) is 27.1 Å². The number of rotatable bonds is 0. The summed E-state index contributed by atoms with van der Waals surface area (Å²) in [6, 6.07) is 7.86. The molecule has 4 N–H and O–H groups in total. The highest BCUT2D eigenvalue weighted by Gasteiger charge is 2.33. The molecule has 0 atom stereocenters. The predicted molar refractivity (Wildman–Crippen MR) is 168 cm³/mol. The van der Waals surface area contributed by atoms with Crippen molar-refractivity contribution in [2.75, 3.05) is 0 Å². The Bertz CT molecular complexity index is 1220. The number of aryl methyl sites for hydroxylation is 2. The average molecular weight is 940 g/mol. The third-order valence-electron chi connectivity index (χ3n) is 4.38. The van der Waals surface area contributed by atoms with Crippen LogP contribution in [0.25, 0.3) is 0 Å². The van der Waals surface area contributed by atoms with Crippen molar-refractivity contribution in [3.8, 4) is 0 Å². The van der Waals surface area contributed by atoms with Crippen molar-refractivity contribution in [1.82, 2.24) is 9.97 Å². The number of aliphatic hydroxyl groups excluding tert-OH is 4. The molecule has 0 saturated carbocycles. The molecule has 0 fully saturated rings. The Morgan fingerprint density at radius 3 is 0.875 bits per heavy atom. The number of aromatic nitrogens is 2. The molecule has 2 aliphatic carbocycles. The van der Waals surface area contributed by atoms with E-state index in [1.54, 1.807) is 12.4 Å². The summed E-state index contributed by atoms with van der Waals surface area (Å²) >= 11 is 17.3. The fourth-order valence-corrected chi connectivity index (χ4v) is 4.15. The first-order valence-electron chi connectivity index (χ1n) is 10.2. The number of ketones is 4. The van der Waals surface area contributed by atoms with Crippen molar-refractivity contribution < 1.29 is 39.6 Å². The fraction of sp³-hybridized carbons (Fsp3) is 0.0833. The number of allylic oxidation sites excluding steroid dienone is 4. The van der Waals surface area contributed by atoms with Gasteiger partial charge in [-0.2, -0.15) is 0 Å². The van der Waals surface area contributed by atoms with Crippen molar-refractivity contribution in [3.05, 3.63) is 98.0 Å². The number of halogens is 6. The van der Waals surface area contributed by atoms with Gasteiger partial charge in [-0.25, -0.2) is 9.97 Å². The second-order valence-electron chi connectivity index (χ2n) is 7.19. The van der Waals surface area contributed by atoms with Gasteiger partial charge in [-0.15, -0.1) is 0 Å². The standard InChI is InChI=1S/2C6H2Br2O4.2C6H6BrN/c2*7-1-3(9)5(11)2(8)6(12)4(1)10;2*1-5-3-2-4-8-6(5)7/h2*9,12H;2*2-4H,1H3. The summed E-state index contributed by atoms with van der Waals surface area (Å²) in [7, 11) is 0. The minimum absolute atomic E-state index is 0.326. The fourth-order valence-electron chi connectivity index (χ4n) is 2.18. The number of hydrogen-bond acceptors (Lipinski definition) is 10. The van der Waals surface area contributed by atoms with Crippen molar-refractivity contribution >= 4 is 119 Å². The second kappa shape index (κ2) is 16.5. The maximum absolute atomic E-state index is 10.9. The minimum Gasteiger partial charge on any atom is -0.503 e. The lowest BCUT2D eigenvalue weighted by Crippen LogP contribution is -2.19. The molecule has 10 nitrogen and oxygen atoms in total. The Hall–Kier alpha value is -1.98. The van der Waals surface area contributed by atoms with Gasteiger partial charge in [-0.1, -0.05) is 12.1 Å². The zero-order valence-corrected chi connectivity index (χ0v) is 29.6. The number of pyridine rings is 2. The largest absolute Gasteiger partial charge is 0.503 e. The molecule has 0 unspecified atom stereocenters. The number of carbonyl (C=O) groups is 4. The first-order valence-corrected chi connectivity index (χ1v) is 15.0. The van der Waals surface area contributed by atoms with Crippen molar-refractivity contribution in [3.63, 3.8) is 0 Å². The number of aliphatic hydroxyl groups is 4. The number of hydrogen-bond donors (Lipinski definition) is 4. The van der Waals surface area contributed by atoms with E-state index in [2.05, 4.69) is 106 Å². The lowest BCUT2D eigenvalue weighted by molar-refractivity contribution is -0.118. The van der Waals surface area contributed by atoms with E-state index >= 15 is 0 Å². The van der Waals surface area contributed by atoms with Gasteiger partial charge in [0.15, 0.2) is 23.0 Å². The second-order valence-corrected chi connectivity index (χ2v) is 11.9. The van der Waals surface area contributed by atoms with Gasteiger partial charge in [-0.05, 0) is 133 Å². The van der Waals surface area contributed by atoms with Crippen LogP contribution in [-0.4, -0.2) is 53.5 Å². The third-order valence-corrected chi connectivity index (χ3v) is 8.98. The van der Waals surface area contributed by atoms with Gasteiger partial charge < -0.3 is 20.4 Å². The van der Waals surface area contributed by atoms with E-state index in [1.807, 2.05) is 38.1 Å². The summed E-state index contributed by atoms with van der Waals surface area (Å²) in [5.41, 5.74) is 2.35. The number of nitrogens with zero attached hydrogens (tertiary/aromatic N) is 2. The van der Waals surface area contributed by atoms with Crippen LogP contribution >= 0.6 is 95.6 Å². The zero-order valence-electron chi connectivity index (χ0n) is 20.0. The summed E-state index contributed by atoms with van der Waals surface area (Å²) in [6.07, 6.45) is 3.52. The minimum atomic E-state index is -0.820. The maximum Gasteiger partial charge on any atom is 0.239 e. The highest BCUT2D eigenvalue weighted by molar-refractivity contribution is 9.13. The van der Waals surface area contributed by atoms with Crippen LogP contribution in [0.15, 0.2) is 86.8 Å². The molecule has 16 heteroatoms. The van der Waals surface area contributed by atoms with Crippen LogP contribution in [-0.2, 0) is 19.2 Å². The average Bonchev–Trinajstić information content (AvgIpc) is 2.95. The molecule has 212 valence electrons. The van der Waals surface area contributed by atoms with E-state index in [1.165, 1.54) is 11.1 Å². The SMILES string of the molecule is Cc1cccnc1Br.Cc1cccnc1Br.O=C1C(O)=C(Br)C(=O)C(O)=C1Br.O=C1C(O)=C(Br)C(=O)C(O)=C1Br. The molecule has 0 saturated heterocycles. The first kappa shape index (κ1) is 36.0. The summed E-state index contributed by atoms with van der Waals surface area (Å²) in [6.45, 7) is 4.02. The van der Waals surface area contributed by atoms with E-state index in [0.29, 0.717) is 0 Å². The summed E-state index contributed by atoms with van der Waals surface area (Å²) in [5.74, 6) is -6.10. The van der Waals surface area contributed by atoms with E-state index in [9.17, 15) is 19.2 Å². The first-order chi connectivity index (χ1) is 18.5. The smallest absolute Gasteiger partial charge is 0.239 e. The van der Waals surface area contributed by atoms with Gasteiger partial charge in [-0.3, -0.25) is 19.2 Å². The van der Waals surface area contributed by atoms with Crippen LogP contribution < -0.4 is 0 Å². The van der Waals surface area contributed by atoms with Crippen LogP contribution in [0.4, 0.5) is 0 Å². The molecule has 0 bridgehead atoms. The molecule has 0 radical (unpaired) electrons. The Balaban J connectivity index is 0.000000271. The molecule has 4 rings (SSSR count). The summed E-state index contributed by atoms with van der Waals surface area (Å²) in [5, 5.41) is 36.0. The van der Waals surface area contributed by atoms with Crippen LogP contribution in [0.2, 0.25) is 0 Å². The molecule has 0 amide bonds. The van der Waals surface area contributed by atoms with E-state index < -0.39 is 46.2 Å². The highest BCUT2D eigenvalue weighted by atomic mass is 79.9. The molecule has 40 heavy (non-hydrogen) atoms. The Labute approximate surface area is 277 Å². The van der Waals surface area contributed by atoms with Crippen LogP contribution in [0.3, 0.4) is 0 Å². The van der Waals surface area contributed by atoms with Gasteiger partial charge >= 0.3 is 0 Å². The Kier molecular flexibility index (Phi) is 14.8. The van der Waals surface area contributed by atoms with Crippen LogP contribution in [0.5, 0.6) is 0 Å². The molecule has 0 aliphatic heterocycles. The maximum atomic E-state index is 10.9. The van der Waals surface area contributed by atoms with Gasteiger partial charge in [0.2, 0.25) is 23.1 Å².